The number of hydrogen-bond acceptors (Lipinski definition) is 6. The van der Waals surface area contributed by atoms with E-state index < -0.39 is 18.0 Å². The van der Waals surface area contributed by atoms with Gasteiger partial charge in [-0.25, -0.2) is 0 Å². The molecule has 3 atom stereocenters. The predicted octanol–water partition coefficient (Wildman–Crippen LogP) is 2.22. The van der Waals surface area contributed by atoms with Gasteiger partial charge in [0.15, 0.2) is 6.10 Å². The molecule has 0 bridgehead atoms. The highest BCUT2D eigenvalue weighted by atomic mass is 16.5. The van der Waals surface area contributed by atoms with Crippen LogP contribution in [0.3, 0.4) is 0 Å². The summed E-state index contributed by atoms with van der Waals surface area (Å²) >= 11 is 0. The Hall–Kier alpha value is -3.16. The molecule has 1 saturated heterocycles. The monoisotopic (exact) mass is 414 g/mol. The molecule has 160 valence electrons. The van der Waals surface area contributed by atoms with E-state index in [0.717, 1.165) is 10.5 Å². The Morgan fingerprint density at radius 3 is 2.40 bits per heavy atom. The van der Waals surface area contributed by atoms with Crippen LogP contribution in [-0.4, -0.2) is 48.3 Å². The lowest BCUT2D eigenvalue weighted by atomic mass is 9.85. The average Bonchev–Trinajstić information content (AvgIpc) is 2.97. The molecule has 1 fully saturated rings. The number of esters is 1. The van der Waals surface area contributed by atoms with Gasteiger partial charge < -0.3 is 14.8 Å². The highest BCUT2D eigenvalue weighted by Crippen LogP contribution is 2.35. The number of aryl methyl sites for hydroxylation is 1. The van der Waals surface area contributed by atoms with Crippen molar-refractivity contribution >= 4 is 29.4 Å². The van der Waals surface area contributed by atoms with Gasteiger partial charge in [-0.2, -0.15) is 0 Å². The molecule has 0 spiro atoms. The van der Waals surface area contributed by atoms with Crippen LogP contribution in [0.15, 0.2) is 30.4 Å². The lowest BCUT2D eigenvalue weighted by Gasteiger charge is -2.17. The van der Waals surface area contributed by atoms with Crippen LogP contribution >= 0.6 is 0 Å². The van der Waals surface area contributed by atoms with E-state index in [1.165, 1.54) is 14.0 Å². The summed E-state index contributed by atoms with van der Waals surface area (Å²) in [6.45, 7) is 3.30. The third-order valence-electron chi connectivity index (χ3n) is 5.43. The van der Waals surface area contributed by atoms with E-state index in [9.17, 15) is 19.2 Å². The van der Waals surface area contributed by atoms with Crippen molar-refractivity contribution in [2.24, 2.45) is 11.8 Å². The summed E-state index contributed by atoms with van der Waals surface area (Å²) in [5.41, 5.74) is 1.42. The molecule has 8 nitrogen and oxygen atoms in total. The van der Waals surface area contributed by atoms with Crippen molar-refractivity contribution in [1.29, 1.82) is 0 Å². The van der Waals surface area contributed by atoms with Gasteiger partial charge in [0.1, 0.15) is 5.75 Å². The first kappa shape index (κ1) is 21.5. The zero-order chi connectivity index (χ0) is 21.8. The molecule has 2 aliphatic rings. The van der Waals surface area contributed by atoms with E-state index >= 15 is 0 Å². The zero-order valence-electron chi connectivity index (χ0n) is 17.3. The van der Waals surface area contributed by atoms with Crippen LogP contribution in [0.25, 0.3) is 0 Å². The standard InChI is InChI=1S/C22H26N2O6/c1-13-8-9-18(29-3)17(12-13)23-20(26)14(2)30-19(25)10-11-24-21(27)15-6-4-5-7-16(15)22(24)28/h4-5,8-9,12,14-16H,6-7,10-11H2,1-3H3,(H,23,26)/t14-,15-,16+/m1/s1. The smallest absolute Gasteiger partial charge is 0.308 e. The molecule has 3 amide bonds. The summed E-state index contributed by atoms with van der Waals surface area (Å²) in [5.74, 6) is -1.78. The summed E-state index contributed by atoms with van der Waals surface area (Å²) in [4.78, 5) is 50.6. The van der Waals surface area contributed by atoms with Gasteiger partial charge in [-0.1, -0.05) is 18.2 Å². The number of amides is 3. The first-order valence-corrected chi connectivity index (χ1v) is 9.97. The number of nitrogens with zero attached hydrogens (tertiary/aromatic N) is 1. The maximum absolute atomic E-state index is 12.4. The number of carbonyl (C=O) groups excluding carboxylic acids is 4. The molecule has 1 heterocycles. The number of methoxy groups -OCH3 is 1. The third kappa shape index (κ3) is 4.53. The average molecular weight is 414 g/mol. The Bertz CT molecular complexity index is 868. The topological polar surface area (TPSA) is 102 Å². The van der Waals surface area contributed by atoms with E-state index in [4.69, 9.17) is 9.47 Å². The Balaban J connectivity index is 1.51. The second-order valence-electron chi connectivity index (χ2n) is 7.56. The van der Waals surface area contributed by atoms with Crippen LogP contribution in [0.2, 0.25) is 0 Å². The molecule has 0 saturated carbocycles. The van der Waals surface area contributed by atoms with Crippen LogP contribution in [0.1, 0.15) is 31.7 Å². The second kappa shape index (κ2) is 9.11. The minimum atomic E-state index is -1.04. The fourth-order valence-corrected chi connectivity index (χ4v) is 3.76. The Morgan fingerprint density at radius 2 is 1.80 bits per heavy atom. The fraction of sp³-hybridized carbons (Fsp3) is 0.455. The van der Waals surface area contributed by atoms with Crippen LogP contribution in [0.5, 0.6) is 5.75 Å². The molecule has 0 radical (unpaired) electrons. The Morgan fingerprint density at radius 1 is 1.17 bits per heavy atom. The van der Waals surface area contributed by atoms with Gasteiger partial charge >= 0.3 is 5.97 Å². The quantitative estimate of drug-likeness (QED) is 0.417. The SMILES string of the molecule is COc1ccc(C)cc1NC(=O)[C@@H](C)OC(=O)CCN1C(=O)[C@H]2CC=CC[C@H]2C1=O. The van der Waals surface area contributed by atoms with Gasteiger partial charge in [0, 0.05) is 6.54 Å². The first-order chi connectivity index (χ1) is 14.3. The molecular weight excluding hydrogens is 388 g/mol. The van der Waals surface area contributed by atoms with Crippen molar-refractivity contribution in [2.45, 2.75) is 39.2 Å². The highest BCUT2D eigenvalue weighted by molar-refractivity contribution is 6.05. The molecule has 1 aliphatic heterocycles. The number of hydrogen-bond donors (Lipinski definition) is 1. The maximum Gasteiger partial charge on any atom is 0.308 e. The van der Waals surface area contributed by atoms with E-state index in [1.54, 1.807) is 12.1 Å². The molecule has 1 N–H and O–H groups in total. The molecule has 3 rings (SSSR count). The maximum atomic E-state index is 12.4. The fourth-order valence-electron chi connectivity index (χ4n) is 3.76. The van der Waals surface area contributed by atoms with Gasteiger partial charge in [-0.15, -0.1) is 0 Å². The van der Waals surface area contributed by atoms with Gasteiger partial charge in [0.25, 0.3) is 5.91 Å². The molecule has 1 aliphatic carbocycles. The highest BCUT2D eigenvalue weighted by Gasteiger charge is 2.47. The molecule has 8 heteroatoms. The summed E-state index contributed by atoms with van der Waals surface area (Å²) < 4.78 is 10.4. The van der Waals surface area contributed by atoms with Crippen molar-refractivity contribution in [3.8, 4) is 5.75 Å². The summed E-state index contributed by atoms with van der Waals surface area (Å²) in [5, 5.41) is 2.69. The number of rotatable bonds is 7. The van der Waals surface area contributed by atoms with Crippen LogP contribution in [0, 0.1) is 18.8 Å². The third-order valence-corrected chi connectivity index (χ3v) is 5.43. The largest absolute Gasteiger partial charge is 0.495 e. The van der Waals surface area contributed by atoms with Crippen molar-refractivity contribution in [1.82, 2.24) is 4.90 Å². The minimum absolute atomic E-state index is 0.0382. The van der Waals surface area contributed by atoms with E-state index in [0.29, 0.717) is 24.3 Å². The molecule has 1 aromatic rings. The van der Waals surface area contributed by atoms with Gasteiger partial charge in [-0.3, -0.25) is 24.1 Å². The Labute approximate surface area is 175 Å². The number of anilines is 1. The number of allylic oxidation sites excluding steroid dienone is 2. The van der Waals surface area contributed by atoms with Crippen LogP contribution in [0.4, 0.5) is 5.69 Å². The zero-order valence-corrected chi connectivity index (χ0v) is 17.3. The normalized spacial score (nSPS) is 21.2. The molecule has 1 aromatic carbocycles. The lowest BCUT2D eigenvalue weighted by Crippen LogP contribution is -2.35. The van der Waals surface area contributed by atoms with Crippen molar-refractivity contribution in [3.63, 3.8) is 0 Å². The number of benzene rings is 1. The van der Waals surface area contributed by atoms with E-state index in [1.807, 2.05) is 25.1 Å². The minimum Gasteiger partial charge on any atom is -0.495 e. The number of fused-ring (bicyclic) bond motifs is 1. The van der Waals surface area contributed by atoms with Crippen molar-refractivity contribution in [3.05, 3.63) is 35.9 Å². The summed E-state index contributed by atoms with van der Waals surface area (Å²) in [6, 6.07) is 5.34. The number of imide groups is 1. The lowest BCUT2D eigenvalue weighted by molar-refractivity contribution is -0.154. The number of likely N-dealkylation sites (tertiary alicyclic amines) is 1. The van der Waals surface area contributed by atoms with E-state index in [-0.39, 0.29) is 36.6 Å². The molecule has 0 unspecified atom stereocenters. The van der Waals surface area contributed by atoms with Gasteiger partial charge in [0.2, 0.25) is 11.8 Å². The summed E-state index contributed by atoms with van der Waals surface area (Å²) in [6.07, 6.45) is 3.72. The van der Waals surface area contributed by atoms with Crippen molar-refractivity contribution in [2.75, 3.05) is 19.0 Å². The van der Waals surface area contributed by atoms with Crippen LogP contribution in [-0.2, 0) is 23.9 Å². The number of nitrogens with one attached hydrogen (secondary N) is 1. The van der Waals surface area contributed by atoms with Gasteiger partial charge in [-0.05, 0) is 44.4 Å². The van der Waals surface area contributed by atoms with Crippen molar-refractivity contribution < 1.29 is 28.7 Å². The number of ether oxygens (including phenoxy) is 2. The second-order valence-corrected chi connectivity index (χ2v) is 7.56. The molecule has 0 aromatic heterocycles. The first-order valence-electron chi connectivity index (χ1n) is 9.97. The van der Waals surface area contributed by atoms with Crippen LogP contribution < -0.4 is 10.1 Å². The Kier molecular flexibility index (Phi) is 6.54. The van der Waals surface area contributed by atoms with Gasteiger partial charge in [0.05, 0.1) is 31.1 Å². The number of carbonyl (C=O) groups is 4. The molecule has 30 heavy (non-hydrogen) atoms. The molecular formula is C22H26N2O6. The predicted molar refractivity (Wildman–Crippen MR) is 109 cm³/mol. The summed E-state index contributed by atoms with van der Waals surface area (Å²) in [7, 11) is 1.50. The van der Waals surface area contributed by atoms with E-state index in [2.05, 4.69) is 5.32 Å².